The number of rotatable bonds is 6. The minimum Gasteiger partial charge on any atom is -0.508 e. The number of benzene rings is 1. The average Bonchev–Trinajstić information content (AvgIpc) is 2.99. The summed E-state index contributed by atoms with van der Waals surface area (Å²) in [7, 11) is 1.16. The molecular formula is C18H20N2O5S. The Bertz CT molecular complexity index is 857. The Labute approximate surface area is 154 Å². The van der Waals surface area contributed by atoms with Crippen molar-refractivity contribution in [2.24, 2.45) is 5.73 Å². The molecule has 0 spiro atoms. The van der Waals surface area contributed by atoms with E-state index in [1.807, 2.05) is 0 Å². The second-order valence-electron chi connectivity index (χ2n) is 6.00. The van der Waals surface area contributed by atoms with Crippen molar-refractivity contribution in [2.75, 3.05) is 7.11 Å². The number of amides is 1. The van der Waals surface area contributed by atoms with Gasteiger partial charge in [0.25, 0.3) is 5.91 Å². The van der Waals surface area contributed by atoms with Crippen LogP contribution in [0.25, 0.3) is 0 Å². The number of carbonyl (C=O) groups is 3. The number of ketones is 1. The van der Waals surface area contributed by atoms with Gasteiger partial charge in [-0.15, -0.1) is 11.3 Å². The summed E-state index contributed by atoms with van der Waals surface area (Å²) in [5.74, 6) is -1.69. The van der Waals surface area contributed by atoms with E-state index in [9.17, 15) is 19.5 Å². The summed E-state index contributed by atoms with van der Waals surface area (Å²) in [4.78, 5) is 37.2. The van der Waals surface area contributed by atoms with E-state index in [0.29, 0.717) is 10.4 Å². The monoisotopic (exact) mass is 376 g/mol. The zero-order chi connectivity index (χ0) is 19.5. The van der Waals surface area contributed by atoms with Crippen molar-refractivity contribution in [1.82, 2.24) is 5.32 Å². The van der Waals surface area contributed by atoms with Gasteiger partial charge in [-0.1, -0.05) is 12.1 Å². The normalized spacial score (nSPS) is 12.9. The Kier molecular flexibility index (Phi) is 5.79. The third kappa shape index (κ3) is 4.09. The largest absolute Gasteiger partial charge is 0.508 e. The van der Waals surface area contributed by atoms with Crippen LogP contribution in [-0.4, -0.2) is 35.4 Å². The first-order chi connectivity index (χ1) is 12.2. The van der Waals surface area contributed by atoms with Gasteiger partial charge < -0.3 is 20.9 Å². The van der Waals surface area contributed by atoms with Crippen LogP contribution >= 0.6 is 11.3 Å². The van der Waals surface area contributed by atoms with Crippen LogP contribution in [0.4, 0.5) is 0 Å². The van der Waals surface area contributed by atoms with Gasteiger partial charge in [-0.2, -0.15) is 0 Å². The number of hydrogen-bond acceptors (Lipinski definition) is 7. The van der Waals surface area contributed by atoms with Crippen LogP contribution < -0.4 is 11.1 Å². The van der Waals surface area contributed by atoms with Gasteiger partial charge in [0.15, 0.2) is 5.54 Å². The summed E-state index contributed by atoms with van der Waals surface area (Å²) in [6, 6.07) is 8.10. The van der Waals surface area contributed by atoms with Crippen LogP contribution in [0.2, 0.25) is 0 Å². The third-order valence-corrected chi connectivity index (χ3v) is 5.03. The number of ether oxygens (including phenoxy) is 1. The molecule has 0 bridgehead atoms. The van der Waals surface area contributed by atoms with E-state index in [-0.39, 0.29) is 23.1 Å². The van der Waals surface area contributed by atoms with Crippen LogP contribution in [0.5, 0.6) is 5.75 Å². The lowest BCUT2D eigenvalue weighted by atomic mass is 9.95. The summed E-state index contributed by atoms with van der Waals surface area (Å²) >= 11 is 0.970. The number of nitrogens with one attached hydrogen (secondary N) is 1. The van der Waals surface area contributed by atoms with Crippen LogP contribution in [0.15, 0.2) is 30.3 Å². The summed E-state index contributed by atoms with van der Waals surface area (Å²) in [5, 5.41) is 12.2. The molecule has 0 saturated carbocycles. The number of carbonyl (C=O) groups excluding carboxylic acids is 3. The summed E-state index contributed by atoms with van der Waals surface area (Å²) < 4.78 is 4.57. The van der Waals surface area contributed by atoms with E-state index in [1.165, 1.54) is 13.0 Å². The second-order valence-corrected chi connectivity index (χ2v) is 7.05. The zero-order valence-corrected chi connectivity index (χ0v) is 15.5. The van der Waals surface area contributed by atoms with Crippen molar-refractivity contribution >= 4 is 29.0 Å². The molecule has 0 saturated heterocycles. The Balaban J connectivity index is 2.15. The van der Waals surface area contributed by atoms with Crippen molar-refractivity contribution in [1.29, 1.82) is 0 Å². The molecule has 1 aromatic heterocycles. The predicted octanol–water partition coefficient (Wildman–Crippen LogP) is 1.77. The number of thiophene rings is 1. The number of hydrogen-bond donors (Lipinski definition) is 3. The molecule has 2 aromatic rings. The number of aromatic hydroxyl groups is 1. The maximum absolute atomic E-state index is 12.6. The van der Waals surface area contributed by atoms with Gasteiger partial charge in [-0.25, -0.2) is 4.79 Å². The van der Waals surface area contributed by atoms with E-state index >= 15 is 0 Å². The quantitative estimate of drug-likeness (QED) is 0.402. The van der Waals surface area contributed by atoms with Crippen LogP contribution in [-0.2, 0) is 16.1 Å². The lowest BCUT2D eigenvalue weighted by Crippen LogP contribution is -2.52. The van der Waals surface area contributed by atoms with Gasteiger partial charge in [0, 0.05) is 6.54 Å². The number of Topliss-reactive ketones (excluding diaryl/α,β-unsaturated/α-hetero) is 1. The van der Waals surface area contributed by atoms with Crippen molar-refractivity contribution < 1.29 is 24.2 Å². The molecule has 1 unspecified atom stereocenters. The van der Waals surface area contributed by atoms with Gasteiger partial charge in [0.05, 0.1) is 16.9 Å². The Morgan fingerprint density at radius 1 is 1.31 bits per heavy atom. The highest BCUT2D eigenvalue weighted by Crippen LogP contribution is 2.26. The number of nitrogens with two attached hydrogens (primary N) is 1. The Morgan fingerprint density at radius 3 is 2.62 bits per heavy atom. The topological polar surface area (TPSA) is 119 Å². The molecule has 0 fully saturated rings. The molecule has 0 aliphatic heterocycles. The number of aryl methyl sites for hydroxylation is 1. The molecular weight excluding hydrogens is 356 g/mol. The molecule has 1 aromatic carbocycles. The SMILES string of the molecule is COC(=O)C(C)(N)C(=O)c1sc(C(=O)NCc2cccc(O)c2)cc1C. The van der Waals surface area contributed by atoms with E-state index < -0.39 is 17.3 Å². The molecule has 4 N–H and O–H groups in total. The van der Waals surface area contributed by atoms with Crippen LogP contribution in [0.3, 0.4) is 0 Å². The smallest absolute Gasteiger partial charge is 0.333 e. The maximum Gasteiger partial charge on any atom is 0.333 e. The first-order valence-corrected chi connectivity index (χ1v) is 8.57. The number of esters is 1. The lowest BCUT2D eigenvalue weighted by molar-refractivity contribution is -0.144. The molecule has 1 amide bonds. The summed E-state index contributed by atoms with van der Waals surface area (Å²) in [6.07, 6.45) is 0. The van der Waals surface area contributed by atoms with Crippen molar-refractivity contribution in [2.45, 2.75) is 25.9 Å². The standard InChI is InChI=1S/C18H20N2O5S/c1-10-7-13(16(23)20-9-11-5-4-6-12(21)8-11)26-14(10)15(22)18(2,19)17(24)25-3/h4-8,21H,9,19H2,1-3H3,(H,20,23). The predicted molar refractivity (Wildman–Crippen MR) is 97.3 cm³/mol. The molecule has 1 atom stereocenters. The highest BCUT2D eigenvalue weighted by molar-refractivity contribution is 7.16. The maximum atomic E-state index is 12.6. The summed E-state index contributed by atoms with van der Waals surface area (Å²) in [6.45, 7) is 3.18. The molecule has 7 nitrogen and oxygen atoms in total. The Morgan fingerprint density at radius 2 is 2.00 bits per heavy atom. The lowest BCUT2D eigenvalue weighted by Gasteiger charge is -2.19. The van der Waals surface area contributed by atoms with Gasteiger partial charge in [0.2, 0.25) is 5.78 Å². The van der Waals surface area contributed by atoms with Crippen molar-refractivity contribution in [3.05, 3.63) is 51.2 Å². The third-order valence-electron chi connectivity index (χ3n) is 3.79. The highest BCUT2D eigenvalue weighted by atomic mass is 32.1. The molecule has 2 rings (SSSR count). The van der Waals surface area contributed by atoms with E-state index in [1.54, 1.807) is 31.2 Å². The number of phenolic OH excluding ortho intramolecular Hbond substituents is 1. The van der Waals surface area contributed by atoms with Crippen LogP contribution in [0.1, 0.15) is 37.4 Å². The summed E-state index contributed by atoms with van der Waals surface area (Å²) in [5.41, 5.74) is 5.29. The van der Waals surface area contributed by atoms with E-state index in [2.05, 4.69) is 10.1 Å². The van der Waals surface area contributed by atoms with Gasteiger partial charge in [-0.3, -0.25) is 9.59 Å². The van der Waals surface area contributed by atoms with E-state index in [0.717, 1.165) is 24.0 Å². The molecule has 0 aliphatic carbocycles. The first-order valence-electron chi connectivity index (χ1n) is 7.75. The molecule has 138 valence electrons. The molecule has 0 aliphatic rings. The number of methoxy groups -OCH3 is 1. The minimum atomic E-state index is -1.82. The van der Waals surface area contributed by atoms with E-state index in [4.69, 9.17) is 5.73 Å². The number of phenols is 1. The molecule has 1 heterocycles. The van der Waals surface area contributed by atoms with Crippen molar-refractivity contribution in [3.8, 4) is 5.75 Å². The molecule has 0 radical (unpaired) electrons. The average molecular weight is 376 g/mol. The fraction of sp³-hybridized carbons (Fsp3) is 0.278. The first kappa shape index (κ1) is 19.6. The van der Waals surface area contributed by atoms with Gasteiger partial charge in [-0.05, 0) is 43.2 Å². The van der Waals surface area contributed by atoms with Gasteiger partial charge in [0.1, 0.15) is 5.75 Å². The molecule has 8 heteroatoms. The fourth-order valence-electron chi connectivity index (χ4n) is 2.30. The molecule has 26 heavy (non-hydrogen) atoms. The minimum absolute atomic E-state index is 0.113. The Hall–Kier alpha value is -2.71. The van der Waals surface area contributed by atoms with Crippen LogP contribution in [0, 0.1) is 6.92 Å². The zero-order valence-electron chi connectivity index (χ0n) is 14.7. The fourth-order valence-corrected chi connectivity index (χ4v) is 3.44. The van der Waals surface area contributed by atoms with Crippen molar-refractivity contribution in [3.63, 3.8) is 0 Å². The second kappa shape index (κ2) is 7.67. The van der Waals surface area contributed by atoms with Gasteiger partial charge >= 0.3 is 5.97 Å². The highest BCUT2D eigenvalue weighted by Gasteiger charge is 2.40.